The monoisotopic (exact) mass is 418 g/mol. The lowest BCUT2D eigenvalue weighted by Crippen LogP contribution is -2.19. The molecule has 0 spiro atoms. The molecule has 8 nitrogen and oxygen atoms in total. The number of carbonyl (C=O) groups is 2. The molecule has 0 saturated carbocycles. The van der Waals surface area contributed by atoms with E-state index in [1.54, 1.807) is 25.3 Å². The molecular formula is C20H22N2O6S. The first-order valence-electron chi connectivity index (χ1n) is 8.52. The Kier molecular flexibility index (Phi) is 8.84. The van der Waals surface area contributed by atoms with Crippen LogP contribution in [0.25, 0.3) is 0 Å². The van der Waals surface area contributed by atoms with Gasteiger partial charge in [0, 0.05) is 5.75 Å². The Balaban J connectivity index is 1.80. The van der Waals surface area contributed by atoms with E-state index in [1.165, 1.54) is 32.2 Å². The molecule has 0 aliphatic carbocycles. The number of hydrogen-bond acceptors (Lipinski definition) is 8. The smallest absolute Gasteiger partial charge is 0.497 e. The molecule has 0 aliphatic rings. The minimum Gasteiger partial charge on any atom is -0.497 e. The third-order valence-electron chi connectivity index (χ3n) is 3.61. The van der Waals surface area contributed by atoms with E-state index in [4.69, 9.17) is 14.2 Å². The minimum absolute atomic E-state index is 0.211. The Labute approximate surface area is 173 Å². The van der Waals surface area contributed by atoms with Crippen molar-refractivity contribution in [1.29, 1.82) is 0 Å². The summed E-state index contributed by atoms with van der Waals surface area (Å²) in [5.41, 5.74) is 4.24. The number of thioether (sulfide) groups is 1. The summed E-state index contributed by atoms with van der Waals surface area (Å²) in [7, 11) is 4.28. The van der Waals surface area contributed by atoms with Crippen molar-refractivity contribution in [3.05, 3.63) is 53.6 Å². The number of benzene rings is 2. The molecule has 0 aromatic heterocycles. The minimum atomic E-state index is -0.843. The van der Waals surface area contributed by atoms with Crippen LogP contribution in [0.15, 0.2) is 47.6 Å². The first-order chi connectivity index (χ1) is 14.0. The fourth-order valence-electron chi connectivity index (χ4n) is 2.17. The Morgan fingerprint density at radius 2 is 1.79 bits per heavy atom. The standard InChI is InChI=1S/C20H22N2O6S/c1-25-16-7-4-14(5-8-16)12-29-13-19(23)22-21-11-15-6-9-17(18(10-15)26-2)28-20(24)27-3/h4-11H,12-13H2,1-3H3,(H,22,23)/b21-11-. The van der Waals surface area contributed by atoms with Crippen molar-refractivity contribution in [3.8, 4) is 17.2 Å². The van der Waals surface area contributed by atoms with E-state index in [9.17, 15) is 9.59 Å². The summed E-state index contributed by atoms with van der Waals surface area (Å²) in [6.07, 6.45) is 0.625. The van der Waals surface area contributed by atoms with Crippen LogP contribution in [0.1, 0.15) is 11.1 Å². The molecule has 0 bridgehead atoms. The number of hydrazone groups is 1. The van der Waals surface area contributed by atoms with Gasteiger partial charge in [0.2, 0.25) is 5.91 Å². The highest BCUT2D eigenvalue weighted by molar-refractivity contribution is 7.99. The Morgan fingerprint density at radius 1 is 1.03 bits per heavy atom. The maximum atomic E-state index is 11.9. The lowest BCUT2D eigenvalue weighted by atomic mass is 10.2. The lowest BCUT2D eigenvalue weighted by Gasteiger charge is -2.08. The summed E-state index contributed by atoms with van der Waals surface area (Å²) in [6, 6.07) is 12.5. The second-order valence-electron chi connectivity index (χ2n) is 5.60. The fraction of sp³-hybridized carbons (Fsp3) is 0.250. The van der Waals surface area contributed by atoms with E-state index >= 15 is 0 Å². The summed E-state index contributed by atoms with van der Waals surface area (Å²) < 4.78 is 19.7. The first-order valence-corrected chi connectivity index (χ1v) is 9.67. The van der Waals surface area contributed by atoms with Crippen molar-refractivity contribution in [1.82, 2.24) is 5.43 Å². The molecule has 1 N–H and O–H groups in total. The molecule has 0 saturated heterocycles. The molecule has 0 fully saturated rings. The molecule has 2 aromatic rings. The zero-order valence-corrected chi connectivity index (χ0v) is 17.2. The van der Waals surface area contributed by atoms with Crippen LogP contribution in [0.2, 0.25) is 0 Å². The average molecular weight is 418 g/mol. The van der Waals surface area contributed by atoms with Crippen molar-refractivity contribution >= 4 is 30.0 Å². The Bertz CT molecular complexity index is 855. The number of nitrogens with zero attached hydrogens (tertiary/aromatic N) is 1. The molecule has 0 heterocycles. The molecule has 0 unspecified atom stereocenters. The second kappa shape index (κ2) is 11.6. The fourth-order valence-corrected chi connectivity index (χ4v) is 2.95. The van der Waals surface area contributed by atoms with Crippen LogP contribution < -0.4 is 19.6 Å². The zero-order valence-electron chi connectivity index (χ0n) is 16.3. The van der Waals surface area contributed by atoms with E-state index in [2.05, 4.69) is 15.3 Å². The van der Waals surface area contributed by atoms with Gasteiger partial charge in [-0.25, -0.2) is 10.2 Å². The number of rotatable bonds is 9. The normalized spacial score (nSPS) is 10.4. The second-order valence-corrected chi connectivity index (χ2v) is 6.59. The van der Waals surface area contributed by atoms with E-state index in [-0.39, 0.29) is 17.4 Å². The lowest BCUT2D eigenvalue weighted by molar-refractivity contribution is -0.118. The van der Waals surface area contributed by atoms with Gasteiger partial charge in [0.15, 0.2) is 11.5 Å². The van der Waals surface area contributed by atoms with E-state index < -0.39 is 6.16 Å². The van der Waals surface area contributed by atoms with Gasteiger partial charge in [-0.05, 0) is 41.5 Å². The van der Waals surface area contributed by atoms with Crippen molar-refractivity contribution in [3.63, 3.8) is 0 Å². The van der Waals surface area contributed by atoms with Gasteiger partial charge in [0.25, 0.3) is 0 Å². The highest BCUT2D eigenvalue weighted by atomic mass is 32.2. The quantitative estimate of drug-likeness (QED) is 0.289. The maximum absolute atomic E-state index is 11.9. The molecule has 2 rings (SSSR count). The summed E-state index contributed by atoms with van der Waals surface area (Å²) in [5.74, 6) is 2.12. The SMILES string of the molecule is COC(=O)Oc1ccc(/C=N\NC(=O)CSCc2ccc(OC)cc2)cc1OC. The van der Waals surface area contributed by atoms with Gasteiger partial charge in [0.05, 0.1) is 33.3 Å². The molecule has 1 amide bonds. The topological polar surface area (TPSA) is 95.5 Å². The van der Waals surface area contributed by atoms with Gasteiger partial charge in [-0.1, -0.05) is 12.1 Å². The number of methoxy groups -OCH3 is 3. The summed E-state index contributed by atoms with van der Waals surface area (Å²) in [4.78, 5) is 23.1. The van der Waals surface area contributed by atoms with Crippen LogP contribution in [-0.2, 0) is 15.3 Å². The zero-order chi connectivity index (χ0) is 21.1. The third kappa shape index (κ3) is 7.38. The van der Waals surface area contributed by atoms with Gasteiger partial charge in [-0.3, -0.25) is 4.79 Å². The maximum Gasteiger partial charge on any atom is 0.513 e. The average Bonchev–Trinajstić information content (AvgIpc) is 2.75. The van der Waals surface area contributed by atoms with Crippen LogP contribution in [-0.4, -0.2) is 45.4 Å². The molecule has 2 aromatic carbocycles. The van der Waals surface area contributed by atoms with Crippen molar-refractivity contribution in [2.45, 2.75) is 5.75 Å². The van der Waals surface area contributed by atoms with E-state index in [1.807, 2.05) is 24.3 Å². The Morgan fingerprint density at radius 3 is 2.45 bits per heavy atom. The van der Waals surface area contributed by atoms with Crippen molar-refractivity contribution in [2.24, 2.45) is 5.10 Å². The number of carbonyl (C=O) groups excluding carboxylic acids is 2. The van der Waals surface area contributed by atoms with E-state index in [0.717, 1.165) is 11.3 Å². The number of ether oxygens (including phenoxy) is 4. The van der Waals surface area contributed by atoms with Crippen molar-refractivity contribution in [2.75, 3.05) is 27.1 Å². The molecular weight excluding hydrogens is 396 g/mol. The third-order valence-corrected chi connectivity index (χ3v) is 4.62. The highest BCUT2D eigenvalue weighted by Crippen LogP contribution is 2.27. The summed E-state index contributed by atoms with van der Waals surface area (Å²) >= 11 is 1.48. The Hall–Kier alpha value is -3.20. The predicted molar refractivity (Wildman–Crippen MR) is 111 cm³/mol. The molecule has 0 aliphatic heterocycles. The molecule has 0 radical (unpaired) electrons. The largest absolute Gasteiger partial charge is 0.513 e. The summed E-state index contributed by atoms with van der Waals surface area (Å²) in [6.45, 7) is 0. The van der Waals surface area contributed by atoms with Crippen LogP contribution >= 0.6 is 11.8 Å². The molecule has 0 atom stereocenters. The van der Waals surface area contributed by atoms with Crippen LogP contribution in [0.4, 0.5) is 4.79 Å². The van der Waals surface area contributed by atoms with E-state index in [0.29, 0.717) is 17.1 Å². The van der Waals surface area contributed by atoms with Crippen LogP contribution in [0.3, 0.4) is 0 Å². The number of nitrogens with one attached hydrogen (secondary N) is 1. The number of hydrogen-bond donors (Lipinski definition) is 1. The summed E-state index contributed by atoms with van der Waals surface area (Å²) in [5, 5.41) is 3.93. The molecule has 29 heavy (non-hydrogen) atoms. The van der Waals surface area contributed by atoms with Gasteiger partial charge in [0.1, 0.15) is 5.75 Å². The van der Waals surface area contributed by atoms with Gasteiger partial charge >= 0.3 is 6.16 Å². The van der Waals surface area contributed by atoms with Gasteiger partial charge in [-0.2, -0.15) is 5.10 Å². The van der Waals surface area contributed by atoms with Crippen molar-refractivity contribution < 1.29 is 28.5 Å². The van der Waals surface area contributed by atoms with Crippen LogP contribution in [0.5, 0.6) is 17.2 Å². The highest BCUT2D eigenvalue weighted by Gasteiger charge is 2.10. The molecule has 154 valence electrons. The molecule has 9 heteroatoms. The first kappa shape index (κ1) is 22.1. The van der Waals surface area contributed by atoms with Crippen LogP contribution in [0, 0.1) is 0 Å². The van der Waals surface area contributed by atoms with Gasteiger partial charge < -0.3 is 18.9 Å². The number of amides is 1. The predicted octanol–water partition coefficient (Wildman–Crippen LogP) is 3.23. The van der Waals surface area contributed by atoms with Gasteiger partial charge in [-0.15, -0.1) is 11.8 Å².